The van der Waals surface area contributed by atoms with Crippen LogP contribution in [0.25, 0.3) is 0 Å². The number of benzene rings is 2. The summed E-state index contributed by atoms with van der Waals surface area (Å²) in [4.78, 5) is 14.5. The lowest BCUT2D eigenvalue weighted by molar-refractivity contribution is 0.0985. The van der Waals surface area contributed by atoms with Gasteiger partial charge in [0.2, 0.25) is 0 Å². The van der Waals surface area contributed by atoms with E-state index in [1.54, 1.807) is 18.2 Å². The van der Waals surface area contributed by atoms with Gasteiger partial charge in [-0.15, -0.1) is 0 Å². The number of rotatable bonds is 6. The van der Waals surface area contributed by atoms with Crippen molar-refractivity contribution in [3.05, 3.63) is 64.1 Å². The number of hydrogen-bond donors (Lipinski definition) is 0. The van der Waals surface area contributed by atoms with Gasteiger partial charge in [0.05, 0.1) is 10.0 Å². The average molecular weight is 322 g/mol. The first-order valence-electron chi connectivity index (χ1n) is 6.90. The largest absolute Gasteiger partial charge is 0.371 e. The molecule has 0 aliphatic rings. The van der Waals surface area contributed by atoms with Gasteiger partial charge in [-0.05, 0) is 31.2 Å². The average Bonchev–Trinajstić information content (AvgIpc) is 2.51. The van der Waals surface area contributed by atoms with Gasteiger partial charge < -0.3 is 4.90 Å². The molecule has 0 unspecified atom stereocenters. The van der Waals surface area contributed by atoms with Crippen molar-refractivity contribution < 1.29 is 4.79 Å². The Kier molecular flexibility index (Phi) is 5.66. The highest BCUT2D eigenvalue weighted by atomic mass is 35.5. The lowest BCUT2D eigenvalue weighted by Gasteiger charge is -2.22. The first-order valence-corrected chi connectivity index (χ1v) is 7.66. The Morgan fingerprint density at radius 2 is 1.76 bits per heavy atom. The van der Waals surface area contributed by atoms with Crippen LogP contribution in [-0.2, 0) is 0 Å². The Hall–Kier alpha value is -1.51. The quantitative estimate of drug-likeness (QED) is 0.690. The number of hydrogen-bond acceptors (Lipinski definition) is 2. The van der Waals surface area contributed by atoms with E-state index in [-0.39, 0.29) is 5.78 Å². The number of nitrogens with zero attached hydrogens (tertiary/aromatic N) is 1. The molecule has 2 aromatic carbocycles. The van der Waals surface area contributed by atoms with Crippen LogP contribution in [0, 0.1) is 0 Å². The van der Waals surface area contributed by atoms with Crippen LogP contribution in [0.5, 0.6) is 0 Å². The summed E-state index contributed by atoms with van der Waals surface area (Å²) in [6.07, 6.45) is 0.406. The fourth-order valence-corrected chi connectivity index (χ4v) is 2.60. The molecule has 0 saturated heterocycles. The highest BCUT2D eigenvalue weighted by Gasteiger charge is 2.14. The molecular weight excluding hydrogens is 305 g/mol. The summed E-state index contributed by atoms with van der Waals surface area (Å²) in [5, 5.41) is 0.754. The Bertz CT molecular complexity index is 613. The van der Waals surface area contributed by atoms with Crippen LogP contribution in [-0.4, -0.2) is 18.9 Å². The minimum atomic E-state index is 0.0110. The van der Waals surface area contributed by atoms with E-state index in [1.165, 1.54) is 0 Å². The summed E-state index contributed by atoms with van der Waals surface area (Å²) in [6, 6.07) is 15.2. The summed E-state index contributed by atoms with van der Waals surface area (Å²) in [5.41, 5.74) is 1.61. The normalized spacial score (nSPS) is 10.4. The topological polar surface area (TPSA) is 20.3 Å². The van der Waals surface area contributed by atoms with Crippen LogP contribution in [0.3, 0.4) is 0 Å². The summed E-state index contributed by atoms with van der Waals surface area (Å²) < 4.78 is 0. The molecule has 4 heteroatoms. The van der Waals surface area contributed by atoms with Crippen molar-refractivity contribution in [1.82, 2.24) is 0 Å². The standard InChI is InChI=1S/C17H17Cl2NO/c1-2-20(13-7-4-3-5-8-13)12-11-16(21)14-9-6-10-15(18)17(14)19/h3-10H,2,11-12H2,1H3. The van der Waals surface area contributed by atoms with Gasteiger partial charge in [-0.1, -0.05) is 47.5 Å². The molecule has 0 aliphatic carbocycles. The molecule has 0 heterocycles. The molecule has 0 amide bonds. The summed E-state index contributed by atoms with van der Waals surface area (Å²) in [7, 11) is 0. The molecule has 0 bridgehead atoms. The maximum absolute atomic E-state index is 12.3. The number of ketones is 1. The van der Waals surface area contributed by atoms with E-state index in [4.69, 9.17) is 23.2 Å². The summed E-state index contributed by atoms with van der Waals surface area (Å²) in [5.74, 6) is 0.0110. The molecule has 2 nitrogen and oxygen atoms in total. The van der Waals surface area contributed by atoms with Crippen molar-refractivity contribution in [1.29, 1.82) is 0 Å². The highest BCUT2D eigenvalue weighted by molar-refractivity contribution is 6.43. The number of anilines is 1. The van der Waals surface area contributed by atoms with Crippen LogP contribution in [0.15, 0.2) is 48.5 Å². The molecular formula is C17H17Cl2NO. The van der Waals surface area contributed by atoms with Gasteiger partial charge in [0.1, 0.15) is 0 Å². The zero-order chi connectivity index (χ0) is 15.2. The van der Waals surface area contributed by atoms with Gasteiger partial charge >= 0.3 is 0 Å². The number of carbonyl (C=O) groups is 1. The molecule has 110 valence electrons. The van der Waals surface area contributed by atoms with E-state index in [2.05, 4.69) is 11.8 Å². The molecule has 2 aromatic rings. The number of carbonyl (C=O) groups excluding carboxylic acids is 1. The fraction of sp³-hybridized carbons (Fsp3) is 0.235. The van der Waals surface area contributed by atoms with Gasteiger partial charge in [0, 0.05) is 30.8 Å². The first kappa shape index (κ1) is 15.9. The zero-order valence-corrected chi connectivity index (χ0v) is 13.4. The number of para-hydroxylation sites is 1. The van der Waals surface area contributed by atoms with E-state index >= 15 is 0 Å². The van der Waals surface area contributed by atoms with Crippen molar-refractivity contribution in [3.63, 3.8) is 0 Å². The van der Waals surface area contributed by atoms with Gasteiger partial charge in [-0.25, -0.2) is 0 Å². The van der Waals surface area contributed by atoms with E-state index in [9.17, 15) is 4.79 Å². The van der Waals surface area contributed by atoms with Crippen molar-refractivity contribution in [2.24, 2.45) is 0 Å². The van der Waals surface area contributed by atoms with Crippen LogP contribution in [0.2, 0.25) is 10.0 Å². The second-order valence-electron chi connectivity index (χ2n) is 4.69. The van der Waals surface area contributed by atoms with Crippen LogP contribution >= 0.6 is 23.2 Å². The molecule has 0 fully saturated rings. The minimum Gasteiger partial charge on any atom is -0.371 e. The van der Waals surface area contributed by atoms with E-state index in [1.807, 2.05) is 30.3 Å². The molecule has 0 aliphatic heterocycles. The predicted molar refractivity (Wildman–Crippen MR) is 89.7 cm³/mol. The van der Waals surface area contributed by atoms with Crippen molar-refractivity contribution in [2.45, 2.75) is 13.3 Å². The molecule has 0 spiro atoms. The van der Waals surface area contributed by atoms with Crippen molar-refractivity contribution >= 4 is 34.7 Å². The Morgan fingerprint density at radius 1 is 1.05 bits per heavy atom. The summed E-state index contributed by atoms with van der Waals surface area (Å²) >= 11 is 12.0. The lowest BCUT2D eigenvalue weighted by atomic mass is 10.1. The lowest BCUT2D eigenvalue weighted by Crippen LogP contribution is -2.25. The van der Waals surface area contributed by atoms with E-state index < -0.39 is 0 Å². The summed E-state index contributed by atoms with van der Waals surface area (Å²) in [6.45, 7) is 3.58. The number of halogens is 2. The highest BCUT2D eigenvalue weighted by Crippen LogP contribution is 2.26. The van der Waals surface area contributed by atoms with E-state index in [0.717, 1.165) is 12.2 Å². The van der Waals surface area contributed by atoms with Gasteiger partial charge in [0.25, 0.3) is 0 Å². The first-order chi connectivity index (χ1) is 10.1. The SMILES string of the molecule is CCN(CCC(=O)c1cccc(Cl)c1Cl)c1ccccc1. The van der Waals surface area contributed by atoms with Crippen LogP contribution in [0.4, 0.5) is 5.69 Å². The van der Waals surface area contributed by atoms with Gasteiger partial charge in [-0.2, -0.15) is 0 Å². The minimum absolute atomic E-state index is 0.0110. The molecule has 21 heavy (non-hydrogen) atoms. The second-order valence-corrected chi connectivity index (χ2v) is 5.47. The van der Waals surface area contributed by atoms with Crippen LogP contribution < -0.4 is 4.90 Å². The van der Waals surface area contributed by atoms with Crippen molar-refractivity contribution in [3.8, 4) is 0 Å². The fourth-order valence-electron chi connectivity index (χ4n) is 2.20. The molecule has 0 atom stereocenters. The maximum Gasteiger partial charge on any atom is 0.166 e. The molecule has 0 radical (unpaired) electrons. The third-order valence-electron chi connectivity index (χ3n) is 3.36. The zero-order valence-electron chi connectivity index (χ0n) is 11.9. The molecule has 0 aromatic heterocycles. The third kappa shape index (κ3) is 3.99. The Morgan fingerprint density at radius 3 is 2.43 bits per heavy atom. The van der Waals surface area contributed by atoms with Crippen molar-refractivity contribution in [2.75, 3.05) is 18.0 Å². The van der Waals surface area contributed by atoms with Crippen LogP contribution in [0.1, 0.15) is 23.7 Å². The Labute approximate surface area is 135 Å². The Balaban J connectivity index is 2.05. The van der Waals surface area contributed by atoms with Gasteiger partial charge in [0.15, 0.2) is 5.78 Å². The third-order valence-corrected chi connectivity index (χ3v) is 4.18. The predicted octanol–water partition coefficient (Wildman–Crippen LogP) is 5.09. The van der Waals surface area contributed by atoms with E-state index in [0.29, 0.717) is 28.6 Å². The van der Waals surface area contributed by atoms with Gasteiger partial charge in [-0.3, -0.25) is 4.79 Å². The maximum atomic E-state index is 12.3. The molecule has 0 N–H and O–H groups in total. The second kappa shape index (κ2) is 7.48. The number of Topliss-reactive ketones (excluding diaryl/α,β-unsaturated/α-hetero) is 1. The molecule has 0 saturated carbocycles. The smallest absolute Gasteiger partial charge is 0.166 e. The monoisotopic (exact) mass is 321 g/mol. The molecule has 2 rings (SSSR count).